The number of carbonyl (C=O) groups excluding carboxylic acids is 1. The molecule has 0 radical (unpaired) electrons. The summed E-state index contributed by atoms with van der Waals surface area (Å²) < 4.78 is 4.81. The van der Waals surface area contributed by atoms with Crippen molar-refractivity contribution in [3.05, 3.63) is 53.8 Å². The average Bonchev–Trinajstić information content (AvgIpc) is 3.22. The molecule has 1 N–H and O–H groups in total. The number of aromatic nitrogens is 3. The molecule has 0 unspecified atom stereocenters. The van der Waals surface area contributed by atoms with Gasteiger partial charge in [-0.2, -0.15) is 4.98 Å². The van der Waals surface area contributed by atoms with E-state index in [-0.39, 0.29) is 11.9 Å². The van der Waals surface area contributed by atoms with Crippen LogP contribution in [0.4, 0.5) is 4.79 Å². The van der Waals surface area contributed by atoms with Gasteiger partial charge in [-0.1, -0.05) is 23.4 Å². The predicted molar refractivity (Wildman–Crippen MR) is 96.6 cm³/mol. The lowest BCUT2D eigenvalue weighted by molar-refractivity contribution is 0.179. The molecule has 3 heterocycles. The third-order valence-electron chi connectivity index (χ3n) is 5.02. The van der Waals surface area contributed by atoms with Crippen molar-refractivity contribution >= 4 is 16.9 Å². The zero-order chi connectivity index (χ0) is 17.9. The van der Waals surface area contributed by atoms with E-state index < -0.39 is 0 Å². The van der Waals surface area contributed by atoms with Gasteiger partial charge in [0, 0.05) is 37.1 Å². The molecule has 1 aliphatic heterocycles. The quantitative estimate of drug-likeness (QED) is 0.784. The van der Waals surface area contributed by atoms with E-state index >= 15 is 0 Å². The Hall–Kier alpha value is -2.96. The van der Waals surface area contributed by atoms with Crippen LogP contribution in [-0.4, -0.2) is 39.1 Å². The number of amides is 2. The van der Waals surface area contributed by atoms with Gasteiger partial charge in [0.1, 0.15) is 0 Å². The minimum atomic E-state index is -0.0332. The van der Waals surface area contributed by atoms with E-state index in [1.165, 1.54) is 6.39 Å². The van der Waals surface area contributed by atoms with Crippen LogP contribution in [-0.2, 0) is 6.54 Å². The summed E-state index contributed by atoms with van der Waals surface area (Å²) in [4.78, 5) is 22.9. The number of urea groups is 1. The molecule has 0 atom stereocenters. The summed E-state index contributed by atoms with van der Waals surface area (Å²) in [6, 6.07) is 8.05. The fourth-order valence-electron chi connectivity index (χ4n) is 3.51. The van der Waals surface area contributed by atoms with Gasteiger partial charge in [-0.15, -0.1) is 0 Å². The Labute approximate surface area is 151 Å². The van der Waals surface area contributed by atoms with Crippen LogP contribution >= 0.6 is 0 Å². The lowest BCUT2D eigenvalue weighted by atomic mass is 9.96. The number of piperidine rings is 1. The van der Waals surface area contributed by atoms with Gasteiger partial charge in [0.15, 0.2) is 5.82 Å². The maximum absolute atomic E-state index is 12.5. The van der Waals surface area contributed by atoms with E-state index in [0.717, 1.165) is 40.7 Å². The Bertz CT molecular complexity index is 901. The average molecular weight is 351 g/mol. The van der Waals surface area contributed by atoms with Crippen LogP contribution in [0.2, 0.25) is 0 Å². The summed E-state index contributed by atoms with van der Waals surface area (Å²) in [6.07, 6.45) is 4.86. The molecule has 0 spiro atoms. The van der Waals surface area contributed by atoms with Crippen LogP contribution < -0.4 is 5.32 Å². The third kappa shape index (κ3) is 3.24. The molecule has 0 saturated carbocycles. The molecule has 2 amide bonds. The number of aryl methyl sites for hydroxylation is 1. The first kappa shape index (κ1) is 16.5. The molecule has 134 valence electrons. The molecule has 1 fully saturated rings. The van der Waals surface area contributed by atoms with E-state index in [9.17, 15) is 4.79 Å². The van der Waals surface area contributed by atoms with Gasteiger partial charge in [0.05, 0.1) is 5.52 Å². The summed E-state index contributed by atoms with van der Waals surface area (Å²) in [5.74, 6) is 1.01. The van der Waals surface area contributed by atoms with Gasteiger partial charge < -0.3 is 14.7 Å². The van der Waals surface area contributed by atoms with Crippen molar-refractivity contribution < 1.29 is 9.32 Å². The third-order valence-corrected chi connectivity index (χ3v) is 5.02. The normalized spacial score (nSPS) is 15.3. The maximum Gasteiger partial charge on any atom is 0.317 e. The van der Waals surface area contributed by atoms with Crippen LogP contribution in [0.25, 0.3) is 10.9 Å². The van der Waals surface area contributed by atoms with Crippen molar-refractivity contribution in [3.63, 3.8) is 0 Å². The fourth-order valence-corrected chi connectivity index (χ4v) is 3.51. The molecule has 7 heteroatoms. The first-order chi connectivity index (χ1) is 12.7. The second kappa shape index (κ2) is 7.11. The SMILES string of the molecule is Cc1ccc(CNC(=O)N2CCC(c3ncon3)CC2)c2cccnc12. The van der Waals surface area contributed by atoms with Crippen molar-refractivity contribution in [2.24, 2.45) is 0 Å². The first-order valence-electron chi connectivity index (χ1n) is 8.84. The second-order valence-corrected chi connectivity index (χ2v) is 6.65. The minimum Gasteiger partial charge on any atom is -0.343 e. The van der Waals surface area contributed by atoms with E-state index in [4.69, 9.17) is 4.52 Å². The molecule has 7 nitrogen and oxygen atoms in total. The number of fused-ring (bicyclic) bond motifs is 1. The minimum absolute atomic E-state index is 0.0332. The van der Waals surface area contributed by atoms with Crippen LogP contribution in [0.1, 0.15) is 35.7 Å². The Balaban J connectivity index is 1.37. The molecular weight excluding hydrogens is 330 g/mol. The van der Waals surface area contributed by atoms with Crippen LogP contribution in [0, 0.1) is 6.92 Å². The zero-order valence-corrected chi connectivity index (χ0v) is 14.7. The highest BCUT2D eigenvalue weighted by molar-refractivity contribution is 5.85. The lowest BCUT2D eigenvalue weighted by Gasteiger charge is -2.30. The number of rotatable bonds is 3. The summed E-state index contributed by atoms with van der Waals surface area (Å²) in [6.45, 7) is 3.93. The number of benzene rings is 1. The van der Waals surface area contributed by atoms with Crippen molar-refractivity contribution in [1.82, 2.24) is 25.3 Å². The monoisotopic (exact) mass is 351 g/mol. The van der Waals surface area contributed by atoms with Crippen molar-refractivity contribution in [2.75, 3.05) is 13.1 Å². The topological polar surface area (TPSA) is 84.2 Å². The molecule has 0 bridgehead atoms. The molecular formula is C19H21N5O2. The molecule has 26 heavy (non-hydrogen) atoms. The Morgan fingerprint density at radius 2 is 2.12 bits per heavy atom. The van der Waals surface area contributed by atoms with Gasteiger partial charge in [-0.3, -0.25) is 4.98 Å². The van der Waals surface area contributed by atoms with Gasteiger partial charge in [-0.25, -0.2) is 4.79 Å². The fraction of sp³-hybridized carbons (Fsp3) is 0.368. The summed E-state index contributed by atoms with van der Waals surface area (Å²) in [5, 5.41) is 8.04. The van der Waals surface area contributed by atoms with Gasteiger partial charge in [0.2, 0.25) is 6.39 Å². The molecule has 3 aromatic rings. The maximum atomic E-state index is 12.5. The summed E-state index contributed by atoms with van der Waals surface area (Å²) >= 11 is 0. The van der Waals surface area contributed by atoms with Gasteiger partial charge >= 0.3 is 6.03 Å². The number of nitrogens with zero attached hydrogens (tertiary/aromatic N) is 4. The van der Waals surface area contributed by atoms with Crippen molar-refractivity contribution in [1.29, 1.82) is 0 Å². The largest absolute Gasteiger partial charge is 0.343 e. The summed E-state index contributed by atoms with van der Waals surface area (Å²) in [5.41, 5.74) is 3.20. The van der Waals surface area contributed by atoms with E-state index in [2.05, 4.69) is 26.5 Å². The molecule has 1 saturated heterocycles. The van der Waals surface area contributed by atoms with Crippen molar-refractivity contribution in [3.8, 4) is 0 Å². The van der Waals surface area contributed by atoms with Crippen LogP contribution in [0.15, 0.2) is 41.4 Å². The smallest absolute Gasteiger partial charge is 0.317 e. The molecule has 0 aliphatic carbocycles. The van der Waals surface area contributed by atoms with Gasteiger partial charge in [0.25, 0.3) is 0 Å². The number of pyridine rings is 1. The number of hydrogen-bond acceptors (Lipinski definition) is 5. The molecule has 1 aliphatic rings. The lowest BCUT2D eigenvalue weighted by Crippen LogP contribution is -2.44. The van der Waals surface area contributed by atoms with E-state index in [1.807, 2.05) is 30.0 Å². The van der Waals surface area contributed by atoms with Crippen LogP contribution in [0.5, 0.6) is 0 Å². The number of likely N-dealkylation sites (tertiary alicyclic amines) is 1. The van der Waals surface area contributed by atoms with E-state index in [1.54, 1.807) is 6.20 Å². The molecule has 1 aromatic carbocycles. The Morgan fingerprint density at radius 1 is 1.27 bits per heavy atom. The first-order valence-corrected chi connectivity index (χ1v) is 8.84. The number of carbonyl (C=O) groups is 1. The highest BCUT2D eigenvalue weighted by atomic mass is 16.5. The highest BCUT2D eigenvalue weighted by Crippen LogP contribution is 2.25. The Kier molecular flexibility index (Phi) is 4.51. The highest BCUT2D eigenvalue weighted by Gasteiger charge is 2.26. The number of hydrogen-bond donors (Lipinski definition) is 1. The Morgan fingerprint density at radius 3 is 2.88 bits per heavy atom. The second-order valence-electron chi connectivity index (χ2n) is 6.65. The van der Waals surface area contributed by atoms with Gasteiger partial charge in [-0.05, 0) is 37.0 Å². The zero-order valence-electron chi connectivity index (χ0n) is 14.7. The molecule has 2 aromatic heterocycles. The van der Waals surface area contributed by atoms with Crippen molar-refractivity contribution in [2.45, 2.75) is 32.2 Å². The van der Waals surface area contributed by atoms with Crippen LogP contribution in [0.3, 0.4) is 0 Å². The van der Waals surface area contributed by atoms with E-state index in [0.29, 0.717) is 19.6 Å². The number of nitrogens with one attached hydrogen (secondary N) is 1. The summed E-state index contributed by atoms with van der Waals surface area (Å²) in [7, 11) is 0. The predicted octanol–water partition coefficient (Wildman–Crippen LogP) is 3.02. The molecule has 4 rings (SSSR count). The standard InChI is InChI=1S/C19H21N5O2/c1-13-4-5-15(16-3-2-8-20-17(13)16)11-21-19(25)24-9-6-14(7-10-24)18-22-12-26-23-18/h2-5,8,12,14H,6-7,9-11H2,1H3,(H,21,25).